The fourth-order valence-electron chi connectivity index (χ4n) is 2.51. The fourth-order valence-corrected chi connectivity index (χ4v) is 3.42. The van der Waals surface area contributed by atoms with Crippen molar-refractivity contribution in [3.8, 4) is 5.75 Å². The molecule has 128 valence electrons. The van der Waals surface area contributed by atoms with Crippen LogP contribution in [-0.4, -0.2) is 12.5 Å². The minimum atomic E-state index is -0.122. The third-order valence-electron chi connectivity index (χ3n) is 3.70. The molecule has 0 saturated heterocycles. The van der Waals surface area contributed by atoms with Gasteiger partial charge in [0.2, 0.25) is 0 Å². The Kier molecular flexibility index (Phi) is 5.74. The summed E-state index contributed by atoms with van der Waals surface area (Å²) in [7, 11) is 0. The molecule has 0 fully saturated rings. The zero-order chi connectivity index (χ0) is 17.6. The molecule has 1 amide bonds. The third-order valence-corrected chi connectivity index (χ3v) is 4.89. The number of hydrogen-bond acceptors (Lipinski definition) is 3. The van der Waals surface area contributed by atoms with Crippen LogP contribution < -0.4 is 9.64 Å². The molecule has 0 saturated carbocycles. The second-order valence-electron chi connectivity index (χ2n) is 5.38. The Hall–Kier alpha value is -2.30. The monoisotopic (exact) mass is 371 g/mol. The number of benzene rings is 2. The van der Waals surface area contributed by atoms with Crippen molar-refractivity contribution in [3.63, 3.8) is 0 Å². The highest BCUT2D eigenvalue weighted by Crippen LogP contribution is 2.26. The summed E-state index contributed by atoms with van der Waals surface area (Å²) in [6.07, 6.45) is 0. The average Bonchev–Trinajstić information content (AvgIpc) is 3.14. The molecule has 1 aromatic heterocycles. The molecular weight excluding hydrogens is 354 g/mol. The highest BCUT2D eigenvalue weighted by Gasteiger charge is 2.20. The van der Waals surface area contributed by atoms with Gasteiger partial charge in [0.05, 0.1) is 23.7 Å². The van der Waals surface area contributed by atoms with E-state index in [0.717, 1.165) is 16.3 Å². The first-order valence-corrected chi connectivity index (χ1v) is 9.26. The Bertz CT molecular complexity index is 831. The van der Waals surface area contributed by atoms with Gasteiger partial charge in [0.1, 0.15) is 5.75 Å². The van der Waals surface area contributed by atoms with Crippen molar-refractivity contribution in [1.82, 2.24) is 0 Å². The van der Waals surface area contributed by atoms with Crippen molar-refractivity contribution in [2.24, 2.45) is 0 Å². The molecule has 3 rings (SSSR count). The van der Waals surface area contributed by atoms with Crippen molar-refractivity contribution in [2.75, 3.05) is 11.5 Å². The van der Waals surface area contributed by atoms with Crippen LogP contribution in [0, 0.1) is 0 Å². The van der Waals surface area contributed by atoms with Crippen LogP contribution >= 0.6 is 22.9 Å². The summed E-state index contributed by atoms with van der Waals surface area (Å²) in [6.45, 7) is 3.05. The summed E-state index contributed by atoms with van der Waals surface area (Å²) in [5.41, 5.74) is 1.30. The van der Waals surface area contributed by atoms with Gasteiger partial charge in [-0.2, -0.15) is 0 Å². The number of anilines is 1. The second-order valence-corrected chi connectivity index (χ2v) is 6.82. The quantitative estimate of drug-likeness (QED) is 0.560. The molecular formula is C20H18ClNO2S. The van der Waals surface area contributed by atoms with Gasteiger partial charge in [0.15, 0.2) is 0 Å². The molecule has 0 aliphatic heterocycles. The summed E-state index contributed by atoms with van der Waals surface area (Å²) in [6, 6.07) is 18.7. The molecule has 25 heavy (non-hydrogen) atoms. The Balaban J connectivity index is 1.94. The SMILES string of the molecule is CCOc1ccc(N(Cc2cccs2)C(=O)c2ccccc2Cl)cc1. The Morgan fingerprint density at radius 3 is 2.48 bits per heavy atom. The van der Waals surface area contributed by atoms with E-state index in [9.17, 15) is 4.79 Å². The van der Waals surface area contributed by atoms with Gasteiger partial charge in [-0.3, -0.25) is 4.79 Å². The first kappa shape index (κ1) is 17.5. The molecule has 0 spiro atoms. The topological polar surface area (TPSA) is 29.5 Å². The van der Waals surface area contributed by atoms with Gasteiger partial charge in [-0.25, -0.2) is 0 Å². The maximum atomic E-state index is 13.1. The highest BCUT2D eigenvalue weighted by molar-refractivity contribution is 7.09. The van der Waals surface area contributed by atoms with E-state index in [1.165, 1.54) is 0 Å². The first-order chi connectivity index (χ1) is 12.2. The van der Waals surface area contributed by atoms with Gasteiger partial charge < -0.3 is 9.64 Å². The smallest absolute Gasteiger partial charge is 0.260 e. The van der Waals surface area contributed by atoms with Crippen LogP contribution in [0.15, 0.2) is 66.0 Å². The van der Waals surface area contributed by atoms with E-state index in [2.05, 4.69) is 0 Å². The number of thiophene rings is 1. The summed E-state index contributed by atoms with van der Waals surface area (Å²) < 4.78 is 5.49. The summed E-state index contributed by atoms with van der Waals surface area (Å²) in [5, 5.41) is 2.46. The predicted molar refractivity (Wildman–Crippen MR) is 104 cm³/mol. The van der Waals surface area contributed by atoms with Gasteiger partial charge in [-0.15, -0.1) is 11.3 Å². The van der Waals surface area contributed by atoms with E-state index in [1.807, 2.05) is 60.8 Å². The van der Waals surface area contributed by atoms with Crippen LogP contribution in [-0.2, 0) is 6.54 Å². The highest BCUT2D eigenvalue weighted by atomic mass is 35.5. The van der Waals surface area contributed by atoms with Crippen LogP contribution in [0.1, 0.15) is 22.2 Å². The minimum absolute atomic E-state index is 0.122. The van der Waals surface area contributed by atoms with E-state index < -0.39 is 0 Å². The van der Waals surface area contributed by atoms with Crippen LogP contribution in [0.4, 0.5) is 5.69 Å². The Morgan fingerprint density at radius 2 is 1.84 bits per heavy atom. The maximum Gasteiger partial charge on any atom is 0.260 e. The lowest BCUT2D eigenvalue weighted by Gasteiger charge is -2.23. The van der Waals surface area contributed by atoms with Gasteiger partial charge >= 0.3 is 0 Å². The van der Waals surface area contributed by atoms with Gasteiger partial charge in [0.25, 0.3) is 5.91 Å². The summed E-state index contributed by atoms with van der Waals surface area (Å²) >= 11 is 7.86. The number of amides is 1. The molecule has 0 aliphatic rings. The number of halogens is 1. The molecule has 3 nitrogen and oxygen atoms in total. The largest absolute Gasteiger partial charge is 0.494 e. The van der Waals surface area contributed by atoms with Crippen LogP contribution in [0.25, 0.3) is 0 Å². The predicted octanol–water partition coefficient (Wildman–Crippen LogP) is 5.65. The number of carbonyl (C=O) groups is 1. The van der Waals surface area contributed by atoms with Crippen LogP contribution in [0.3, 0.4) is 0 Å². The zero-order valence-electron chi connectivity index (χ0n) is 13.8. The molecule has 5 heteroatoms. The van der Waals surface area contributed by atoms with Crippen molar-refractivity contribution in [3.05, 3.63) is 81.5 Å². The molecule has 2 aromatic carbocycles. The number of rotatable bonds is 6. The molecule has 3 aromatic rings. The van der Waals surface area contributed by atoms with E-state index in [0.29, 0.717) is 23.7 Å². The van der Waals surface area contributed by atoms with Crippen LogP contribution in [0.2, 0.25) is 5.02 Å². The minimum Gasteiger partial charge on any atom is -0.494 e. The summed E-state index contributed by atoms with van der Waals surface area (Å²) in [5.74, 6) is 0.663. The van der Waals surface area contributed by atoms with Crippen molar-refractivity contribution in [2.45, 2.75) is 13.5 Å². The summed E-state index contributed by atoms with van der Waals surface area (Å²) in [4.78, 5) is 16.0. The number of ether oxygens (including phenoxy) is 1. The van der Waals surface area contributed by atoms with Crippen LogP contribution in [0.5, 0.6) is 5.75 Å². The number of nitrogens with zero attached hydrogens (tertiary/aromatic N) is 1. The molecule has 0 aliphatic carbocycles. The van der Waals surface area contributed by atoms with E-state index in [-0.39, 0.29) is 5.91 Å². The standard InChI is InChI=1S/C20H18ClNO2S/c1-2-24-16-11-9-15(10-12-16)22(14-17-6-5-13-25-17)20(23)18-7-3-4-8-19(18)21/h3-13H,2,14H2,1H3. The van der Waals surface area contributed by atoms with Gasteiger partial charge in [-0.05, 0) is 54.8 Å². The lowest BCUT2D eigenvalue weighted by Crippen LogP contribution is -2.30. The molecule has 0 radical (unpaired) electrons. The lowest BCUT2D eigenvalue weighted by atomic mass is 10.1. The molecule has 0 atom stereocenters. The van der Waals surface area contributed by atoms with E-state index >= 15 is 0 Å². The van der Waals surface area contributed by atoms with E-state index in [1.54, 1.807) is 28.4 Å². The third kappa shape index (κ3) is 4.21. The van der Waals surface area contributed by atoms with E-state index in [4.69, 9.17) is 16.3 Å². The Labute approximate surface area is 156 Å². The van der Waals surface area contributed by atoms with Crippen molar-refractivity contribution >= 4 is 34.5 Å². The average molecular weight is 372 g/mol. The molecule has 1 heterocycles. The van der Waals surface area contributed by atoms with Gasteiger partial charge in [0, 0.05) is 10.6 Å². The first-order valence-electron chi connectivity index (χ1n) is 8.00. The number of carbonyl (C=O) groups excluding carboxylic acids is 1. The van der Waals surface area contributed by atoms with Crippen molar-refractivity contribution < 1.29 is 9.53 Å². The van der Waals surface area contributed by atoms with Gasteiger partial charge in [-0.1, -0.05) is 29.8 Å². The molecule has 0 bridgehead atoms. The maximum absolute atomic E-state index is 13.1. The normalized spacial score (nSPS) is 10.5. The molecule has 0 N–H and O–H groups in total. The zero-order valence-corrected chi connectivity index (χ0v) is 15.4. The molecule has 0 unspecified atom stereocenters. The number of hydrogen-bond donors (Lipinski definition) is 0. The van der Waals surface area contributed by atoms with Crippen molar-refractivity contribution in [1.29, 1.82) is 0 Å². The Morgan fingerprint density at radius 1 is 1.08 bits per heavy atom. The fraction of sp³-hybridized carbons (Fsp3) is 0.150. The second kappa shape index (κ2) is 8.19. The lowest BCUT2D eigenvalue weighted by molar-refractivity contribution is 0.0985.